The van der Waals surface area contributed by atoms with E-state index in [4.69, 9.17) is 4.74 Å². The van der Waals surface area contributed by atoms with Crippen molar-refractivity contribution in [2.45, 2.75) is 13.0 Å². The predicted octanol–water partition coefficient (Wildman–Crippen LogP) is 6.00. The summed E-state index contributed by atoms with van der Waals surface area (Å²) in [5.41, 5.74) is 2.94. The van der Waals surface area contributed by atoms with Gasteiger partial charge in [0.1, 0.15) is 11.5 Å². The Hall–Kier alpha value is -3.49. The lowest BCUT2D eigenvalue weighted by Gasteiger charge is -2.23. The number of rotatable bonds is 4. The molecule has 0 spiro atoms. The van der Waals surface area contributed by atoms with E-state index in [1.807, 2.05) is 49.4 Å². The summed E-state index contributed by atoms with van der Waals surface area (Å²) in [6.07, 6.45) is 0. The second-order valence-electron chi connectivity index (χ2n) is 7.92. The first-order valence-corrected chi connectivity index (χ1v) is 12.1. The minimum absolute atomic E-state index is 0.0173. The molecule has 2 heterocycles. The average Bonchev–Trinajstić information content (AvgIpc) is 3.36. The molecule has 1 N–H and O–H groups in total. The van der Waals surface area contributed by atoms with Crippen molar-refractivity contribution in [3.8, 4) is 5.75 Å². The molecule has 0 bridgehead atoms. The maximum atomic E-state index is 13.3. The van der Waals surface area contributed by atoms with Crippen LogP contribution in [0.4, 0.5) is 5.13 Å². The van der Waals surface area contributed by atoms with Crippen LogP contribution in [0.25, 0.3) is 16.0 Å². The largest absolute Gasteiger partial charge is 0.507 e. The molecule has 1 aliphatic rings. The van der Waals surface area contributed by atoms with Crippen molar-refractivity contribution < 1.29 is 19.4 Å². The third-order valence-electron chi connectivity index (χ3n) is 5.71. The Balaban J connectivity index is 1.72. The van der Waals surface area contributed by atoms with Crippen LogP contribution in [0, 0.1) is 6.92 Å². The molecule has 1 fully saturated rings. The van der Waals surface area contributed by atoms with Crippen LogP contribution in [-0.4, -0.2) is 28.9 Å². The number of thiazole rings is 1. The van der Waals surface area contributed by atoms with Crippen molar-refractivity contribution in [2.75, 3.05) is 12.0 Å². The summed E-state index contributed by atoms with van der Waals surface area (Å²) in [5.74, 6) is -1.11. The van der Waals surface area contributed by atoms with Crippen molar-refractivity contribution in [3.05, 3.63) is 93.5 Å². The van der Waals surface area contributed by atoms with E-state index in [-0.39, 0.29) is 11.3 Å². The Morgan fingerprint density at radius 2 is 1.85 bits per heavy atom. The smallest absolute Gasteiger partial charge is 0.301 e. The van der Waals surface area contributed by atoms with Gasteiger partial charge in [-0.1, -0.05) is 45.5 Å². The molecule has 0 saturated carbocycles. The Labute approximate surface area is 208 Å². The fraction of sp³-hybridized carbons (Fsp3) is 0.115. The van der Waals surface area contributed by atoms with Crippen LogP contribution in [0.1, 0.15) is 22.7 Å². The number of fused-ring (bicyclic) bond motifs is 1. The molecule has 34 heavy (non-hydrogen) atoms. The van der Waals surface area contributed by atoms with E-state index in [2.05, 4.69) is 20.9 Å². The number of nitrogens with zero attached hydrogens (tertiary/aromatic N) is 2. The van der Waals surface area contributed by atoms with Gasteiger partial charge < -0.3 is 9.84 Å². The number of ether oxygens (including phenoxy) is 1. The van der Waals surface area contributed by atoms with E-state index in [1.165, 1.54) is 16.2 Å². The van der Waals surface area contributed by atoms with Crippen molar-refractivity contribution in [1.82, 2.24) is 4.98 Å². The van der Waals surface area contributed by atoms with Gasteiger partial charge in [-0.25, -0.2) is 4.98 Å². The molecule has 1 aliphatic heterocycles. The number of carbonyl (C=O) groups is 2. The van der Waals surface area contributed by atoms with Crippen molar-refractivity contribution in [2.24, 2.45) is 0 Å². The molecule has 0 aliphatic carbocycles. The highest BCUT2D eigenvalue weighted by molar-refractivity contribution is 9.10. The van der Waals surface area contributed by atoms with Gasteiger partial charge in [0.15, 0.2) is 5.13 Å². The molecule has 0 unspecified atom stereocenters. The van der Waals surface area contributed by atoms with Gasteiger partial charge in [-0.2, -0.15) is 0 Å². The van der Waals surface area contributed by atoms with Crippen LogP contribution in [-0.2, 0) is 9.59 Å². The highest BCUT2D eigenvalue weighted by Crippen LogP contribution is 2.44. The van der Waals surface area contributed by atoms with Crippen LogP contribution in [0.2, 0.25) is 0 Å². The van der Waals surface area contributed by atoms with Crippen molar-refractivity contribution in [3.63, 3.8) is 0 Å². The first kappa shape index (κ1) is 22.3. The van der Waals surface area contributed by atoms with E-state index in [0.29, 0.717) is 22.0 Å². The van der Waals surface area contributed by atoms with Gasteiger partial charge in [-0.15, -0.1) is 0 Å². The number of amides is 1. The van der Waals surface area contributed by atoms with Crippen LogP contribution in [0.5, 0.6) is 5.75 Å². The standard InChI is InChI=1S/C26H19BrN2O4S/c1-14-6-11-19-20(12-14)34-26(28-19)29-22(16-4-3-5-17(27)13-16)21(24(31)25(29)32)23(30)15-7-9-18(33-2)10-8-15/h3-13,22,30H,1-2H3/b23-21+/t22-/m1/s1. The highest BCUT2D eigenvalue weighted by atomic mass is 79.9. The van der Waals surface area contributed by atoms with E-state index in [0.717, 1.165) is 20.3 Å². The van der Waals surface area contributed by atoms with Crippen LogP contribution in [0.3, 0.4) is 0 Å². The number of aliphatic hydroxyl groups excluding tert-OH is 1. The van der Waals surface area contributed by atoms with Gasteiger partial charge in [0.05, 0.1) is 28.9 Å². The fourth-order valence-electron chi connectivity index (χ4n) is 4.05. The van der Waals surface area contributed by atoms with Crippen molar-refractivity contribution >= 4 is 60.1 Å². The molecular weight excluding hydrogens is 516 g/mol. The van der Waals surface area contributed by atoms with E-state index in [1.54, 1.807) is 31.4 Å². The lowest BCUT2D eigenvalue weighted by molar-refractivity contribution is -0.132. The Kier molecular flexibility index (Phi) is 5.71. The second-order valence-corrected chi connectivity index (χ2v) is 9.84. The number of aliphatic hydroxyl groups is 1. The number of hydrogen-bond acceptors (Lipinski definition) is 6. The van der Waals surface area contributed by atoms with Gasteiger partial charge in [-0.05, 0) is 66.6 Å². The maximum Gasteiger partial charge on any atom is 0.301 e. The Bertz CT molecular complexity index is 1480. The third kappa shape index (κ3) is 3.78. The van der Waals surface area contributed by atoms with Crippen molar-refractivity contribution in [1.29, 1.82) is 0 Å². The zero-order chi connectivity index (χ0) is 24.0. The number of hydrogen-bond donors (Lipinski definition) is 1. The number of halogens is 1. The fourth-order valence-corrected chi connectivity index (χ4v) is 5.56. The van der Waals surface area contributed by atoms with Gasteiger partial charge in [0, 0.05) is 10.0 Å². The molecule has 0 radical (unpaired) electrons. The summed E-state index contributed by atoms with van der Waals surface area (Å²) >= 11 is 4.82. The molecular formula is C26H19BrN2O4S. The number of Topliss-reactive ketones (excluding diaryl/α,β-unsaturated/α-hetero) is 1. The summed E-state index contributed by atoms with van der Waals surface area (Å²) in [4.78, 5) is 32.7. The molecule has 1 atom stereocenters. The zero-order valence-corrected chi connectivity index (χ0v) is 20.7. The normalized spacial score (nSPS) is 17.5. The van der Waals surface area contributed by atoms with Crippen LogP contribution >= 0.6 is 27.3 Å². The first-order valence-electron chi connectivity index (χ1n) is 10.5. The molecule has 3 aromatic carbocycles. The topological polar surface area (TPSA) is 79.7 Å². The molecule has 1 saturated heterocycles. The monoisotopic (exact) mass is 534 g/mol. The minimum Gasteiger partial charge on any atom is -0.507 e. The molecule has 1 amide bonds. The lowest BCUT2D eigenvalue weighted by atomic mass is 9.95. The average molecular weight is 535 g/mol. The quantitative estimate of drug-likeness (QED) is 0.197. The SMILES string of the molecule is COc1ccc(/C(O)=C2\C(=O)C(=O)N(c3nc4ccc(C)cc4s3)[C@@H]2c2cccc(Br)c2)cc1. The zero-order valence-electron chi connectivity index (χ0n) is 18.3. The molecule has 5 rings (SSSR count). The van der Waals surface area contributed by atoms with Gasteiger partial charge in [0.25, 0.3) is 5.78 Å². The van der Waals surface area contributed by atoms with Gasteiger partial charge in [-0.3, -0.25) is 14.5 Å². The first-order chi connectivity index (χ1) is 16.4. The van der Waals surface area contributed by atoms with Crippen LogP contribution in [0.15, 0.2) is 76.8 Å². The third-order valence-corrected chi connectivity index (χ3v) is 7.22. The lowest BCUT2D eigenvalue weighted by Crippen LogP contribution is -2.29. The number of aryl methyl sites for hydroxylation is 1. The molecule has 4 aromatic rings. The number of methoxy groups -OCH3 is 1. The molecule has 8 heteroatoms. The Morgan fingerprint density at radius 1 is 1.09 bits per heavy atom. The number of ketones is 1. The van der Waals surface area contributed by atoms with Gasteiger partial charge >= 0.3 is 5.91 Å². The maximum absolute atomic E-state index is 13.3. The van der Waals surface area contributed by atoms with E-state index >= 15 is 0 Å². The molecule has 1 aromatic heterocycles. The minimum atomic E-state index is -0.832. The van der Waals surface area contributed by atoms with Crippen LogP contribution < -0.4 is 9.64 Å². The van der Waals surface area contributed by atoms with E-state index < -0.39 is 17.7 Å². The Morgan fingerprint density at radius 3 is 2.56 bits per heavy atom. The second kappa shape index (κ2) is 8.70. The predicted molar refractivity (Wildman–Crippen MR) is 136 cm³/mol. The van der Waals surface area contributed by atoms with Gasteiger partial charge in [0.2, 0.25) is 0 Å². The summed E-state index contributed by atoms with van der Waals surface area (Å²) < 4.78 is 6.90. The summed E-state index contributed by atoms with van der Waals surface area (Å²) in [6, 6.07) is 19.1. The summed E-state index contributed by atoms with van der Waals surface area (Å²) in [6.45, 7) is 1.99. The summed E-state index contributed by atoms with van der Waals surface area (Å²) in [7, 11) is 1.55. The number of benzene rings is 3. The highest BCUT2D eigenvalue weighted by Gasteiger charge is 2.48. The molecule has 6 nitrogen and oxygen atoms in total. The van der Waals surface area contributed by atoms with E-state index in [9.17, 15) is 14.7 Å². The summed E-state index contributed by atoms with van der Waals surface area (Å²) in [5, 5.41) is 11.6. The number of anilines is 1. The molecule has 170 valence electrons. The number of carbonyl (C=O) groups excluding carboxylic acids is 2. The number of aromatic nitrogens is 1.